The van der Waals surface area contributed by atoms with E-state index < -0.39 is 5.76 Å². The van der Waals surface area contributed by atoms with Crippen LogP contribution < -0.4 is 20.5 Å². The smallest absolute Gasteiger partial charge is 0.419 e. The minimum Gasteiger partial charge on any atom is -0.454 e. The molecule has 4 rings (SSSR count). The molecule has 2 heterocycles. The van der Waals surface area contributed by atoms with Crippen LogP contribution in [0.1, 0.15) is 12.8 Å². The summed E-state index contributed by atoms with van der Waals surface area (Å²) in [6, 6.07) is 12.5. The van der Waals surface area contributed by atoms with Gasteiger partial charge in [-0.25, -0.2) is 4.79 Å². The first kappa shape index (κ1) is 15.3. The molecule has 1 aromatic heterocycles. The summed E-state index contributed by atoms with van der Waals surface area (Å²) in [6.45, 7) is 0.616. The van der Waals surface area contributed by atoms with Crippen LogP contribution in [-0.4, -0.2) is 17.3 Å². The van der Waals surface area contributed by atoms with Crippen LogP contribution in [0.4, 0.5) is 5.69 Å². The molecule has 0 aliphatic carbocycles. The van der Waals surface area contributed by atoms with E-state index in [1.54, 1.807) is 28.8 Å². The van der Waals surface area contributed by atoms with Gasteiger partial charge in [0.25, 0.3) is 0 Å². The molecule has 7 heteroatoms. The highest BCUT2D eigenvalue weighted by atomic mass is 16.7. The van der Waals surface area contributed by atoms with E-state index in [0.717, 1.165) is 5.52 Å². The molecule has 1 amide bonds. The fourth-order valence-electron chi connectivity index (χ4n) is 2.82. The number of nitrogens with zero attached hydrogens (tertiary/aromatic N) is 1. The average molecular weight is 340 g/mol. The number of ether oxygens (including phenoxy) is 2. The molecule has 0 radical (unpaired) electrons. The van der Waals surface area contributed by atoms with Crippen molar-refractivity contribution < 1.29 is 18.7 Å². The van der Waals surface area contributed by atoms with E-state index in [1.165, 1.54) is 0 Å². The van der Waals surface area contributed by atoms with Crippen molar-refractivity contribution in [1.82, 2.24) is 4.57 Å². The number of oxazole rings is 1. The first-order chi connectivity index (χ1) is 12.2. The molecule has 0 saturated carbocycles. The largest absolute Gasteiger partial charge is 0.454 e. The number of amides is 1. The lowest BCUT2D eigenvalue weighted by molar-refractivity contribution is -0.116. The van der Waals surface area contributed by atoms with Crippen LogP contribution in [0.15, 0.2) is 51.7 Å². The Balaban J connectivity index is 1.36. The highest BCUT2D eigenvalue weighted by Crippen LogP contribution is 2.34. The van der Waals surface area contributed by atoms with E-state index in [1.807, 2.05) is 18.2 Å². The number of anilines is 1. The average Bonchev–Trinajstić information content (AvgIpc) is 3.19. The van der Waals surface area contributed by atoms with Crippen molar-refractivity contribution in [3.8, 4) is 11.5 Å². The van der Waals surface area contributed by atoms with Gasteiger partial charge in [0.05, 0.1) is 5.52 Å². The third-order valence-corrected chi connectivity index (χ3v) is 4.02. The zero-order valence-corrected chi connectivity index (χ0v) is 13.4. The highest BCUT2D eigenvalue weighted by molar-refractivity contribution is 5.91. The van der Waals surface area contributed by atoms with E-state index in [0.29, 0.717) is 42.2 Å². The number of aryl methyl sites for hydroxylation is 1. The Morgan fingerprint density at radius 2 is 1.96 bits per heavy atom. The first-order valence-electron chi connectivity index (χ1n) is 7.98. The number of para-hydroxylation sites is 2. The van der Waals surface area contributed by atoms with E-state index in [9.17, 15) is 9.59 Å². The topological polar surface area (TPSA) is 82.7 Å². The Kier molecular flexibility index (Phi) is 3.89. The second-order valence-corrected chi connectivity index (χ2v) is 5.71. The third-order valence-electron chi connectivity index (χ3n) is 4.02. The van der Waals surface area contributed by atoms with Crippen molar-refractivity contribution >= 4 is 22.7 Å². The Bertz CT molecular complexity index is 989. The number of carbonyl (C=O) groups is 1. The second-order valence-electron chi connectivity index (χ2n) is 5.71. The second kappa shape index (κ2) is 6.35. The van der Waals surface area contributed by atoms with Gasteiger partial charge < -0.3 is 19.2 Å². The number of aromatic nitrogens is 1. The molecule has 7 nitrogen and oxygen atoms in total. The zero-order chi connectivity index (χ0) is 17.2. The van der Waals surface area contributed by atoms with Gasteiger partial charge in [-0.05, 0) is 30.7 Å². The summed E-state index contributed by atoms with van der Waals surface area (Å²) in [6.07, 6.45) is 0.820. The van der Waals surface area contributed by atoms with Crippen molar-refractivity contribution in [3.05, 3.63) is 53.0 Å². The maximum absolute atomic E-state index is 12.1. The van der Waals surface area contributed by atoms with Gasteiger partial charge in [0, 0.05) is 24.7 Å². The molecule has 0 atom stereocenters. The number of rotatable bonds is 5. The van der Waals surface area contributed by atoms with E-state index in [2.05, 4.69) is 5.32 Å². The normalized spacial score (nSPS) is 12.5. The molecule has 1 aliphatic rings. The summed E-state index contributed by atoms with van der Waals surface area (Å²) in [5.74, 6) is 0.760. The summed E-state index contributed by atoms with van der Waals surface area (Å²) in [7, 11) is 0. The van der Waals surface area contributed by atoms with Crippen LogP contribution in [0.2, 0.25) is 0 Å². The molecule has 128 valence electrons. The predicted molar refractivity (Wildman–Crippen MR) is 90.9 cm³/mol. The number of hydrogen-bond donors (Lipinski definition) is 1. The van der Waals surface area contributed by atoms with Crippen LogP contribution in [0.3, 0.4) is 0 Å². The molecule has 1 aliphatic heterocycles. The number of benzene rings is 2. The van der Waals surface area contributed by atoms with Gasteiger partial charge in [-0.1, -0.05) is 12.1 Å². The summed E-state index contributed by atoms with van der Waals surface area (Å²) in [4.78, 5) is 24.0. The zero-order valence-electron chi connectivity index (χ0n) is 13.4. The van der Waals surface area contributed by atoms with Crippen LogP contribution in [-0.2, 0) is 11.3 Å². The van der Waals surface area contributed by atoms with Gasteiger partial charge in [0.15, 0.2) is 17.1 Å². The van der Waals surface area contributed by atoms with Crippen molar-refractivity contribution in [3.63, 3.8) is 0 Å². The van der Waals surface area contributed by atoms with Crippen molar-refractivity contribution in [2.75, 3.05) is 12.1 Å². The Hall–Kier alpha value is -3.22. The molecule has 0 spiro atoms. The SMILES string of the molecule is O=C(CCCn1c(=O)oc2ccccc21)Nc1ccc2c(c1)OCO2. The van der Waals surface area contributed by atoms with Gasteiger partial charge in [-0.2, -0.15) is 0 Å². The Morgan fingerprint density at radius 3 is 2.88 bits per heavy atom. The first-order valence-corrected chi connectivity index (χ1v) is 7.98. The van der Waals surface area contributed by atoms with Crippen molar-refractivity contribution in [2.45, 2.75) is 19.4 Å². The molecule has 0 unspecified atom stereocenters. The number of carbonyl (C=O) groups excluding carboxylic acids is 1. The molecule has 3 aromatic rings. The fourth-order valence-corrected chi connectivity index (χ4v) is 2.82. The standard InChI is InChI=1S/C18H16N2O5/c21-17(19-12-7-8-15-16(10-12)24-11-23-15)6-3-9-20-13-4-1-2-5-14(13)25-18(20)22/h1-2,4-5,7-8,10H,3,6,9,11H2,(H,19,21). The lowest BCUT2D eigenvalue weighted by Crippen LogP contribution is -2.17. The van der Waals surface area contributed by atoms with Gasteiger partial charge in [-0.3, -0.25) is 9.36 Å². The number of hydrogen-bond acceptors (Lipinski definition) is 5. The van der Waals surface area contributed by atoms with Crippen LogP contribution in [0, 0.1) is 0 Å². The molecular formula is C18H16N2O5. The van der Waals surface area contributed by atoms with Gasteiger partial charge >= 0.3 is 5.76 Å². The Morgan fingerprint density at radius 1 is 1.12 bits per heavy atom. The monoisotopic (exact) mass is 340 g/mol. The molecule has 25 heavy (non-hydrogen) atoms. The van der Waals surface area contributed by atoms with E-state index in [4.69, 9.17) is 13.9 Å². The van der Waals surface area contributed by atoms with E-state index >= 15 is 0 Å². The summed E-state index contributed by atoms with van der Waals surface area (Å²) in [5, 5.41) is 2.82. The molecular weight excluding hydrogens is 324 g/mol. The minimum atomic E-state index is -0.405. The van der Waals surface area contributed by atoms with Gasteiger partial charge in [0.2, 0.25) is 12.7 Å². The van der Waals surface area contributed by atoms with Crippen LogP contribution in [0.25, 0.3) is 11.1 Å². The van der Waals surface area contributed by atoms with E-state index in [-0.39, 0.29) is 12.7 Å². The lowest BCUT2D eigenvalue weighted by atomic mass is 10.2. The van der Waals surface area contributed by atoms with Crippen LogP contribution >= 0.6 is 0 Å². The predicted octanol–water partition coefficient (Wildman–Crippen LogP) is 2.74. The molecule has 0 bridgehead atoms. The van der Waals surface area contributed by atoms with Gasteiger partial charge in [0.1, 0.15) is 0 Å². The summed E-state index contributed by atoms with van der Waals surface area (Å²) in [5.41, 5.74) is 1.95. The summed E-state index contributed by atoms with van der Waals surface area (Å²) < 4.78 is 17.2. The van der Waals surface area contributed by atoms with Crippen molar-refractivity contribution in [2.24, 2.45) is 0 Å². The maximum atomic E-state index is 12.1. The molecule has 0 saturated heterocycles. The highest BCUT2D eigenvalue weighted by Gasteiger charge is 2.14. The fraction of sp³-hybridized carbons (Fsp3) is 0.222. The Labute approximate surface area is 142 Å². The molecule has 2 aromatic carbocycles. The maximum Gasteiger partial charge on any atom is 0.419 e. The number of nitrogens with one attached hydrogen (secondary N) is 1. The van der Waals surface area contributed by atoms with Crippen LogP contribution in [0.5, 0.6) is 11.5 Å². The van der Waals surface area contributed by atoms with Gasteiger partial charge in [-0.15, -0.1) is 0 Å². The minimum absolute atomic E-state index is 0.125. The quantitative estimate of drug-likeness (QED) is 0.772. The summed E-state index contributed by atoms with van der Waals surface area (Å²) >= 11 is 0. The lowest BCUT2D eigenvalue weighted by Gasteiger charge is -2.06. The molecule has 0 fully saturated rings. The third kappa shape index (κ3) is 3.08. The molecule has 1 N–H and O–H groups in total. The number of fused-ring (bicyclic) bond motifs is 2. The van der Waals surface area contributed by atoms with Crippen molar-refractivity contribution in [1.29, 1.82) is 0 Å².